The molecule has 1 aliphatic carbocycles. The number of aryl methyl sites for hydroxylation is 2. The van der Waals surface area contributed by atoms with E-state index in [9.17, 15) is 4.79 Å². The Labute approximate surface area is 121 Å². The Morgan fingerprint density at radius 3 is 3.15 bits per heavy atom. The molecule has 102 valence electrons. The van der Waals surface area contributed by atoms with Gasteiger partial charge in [-0.15, -0.1) is 0 Å². The van der Waals surface area contributed by atoms with Crippen LogP contribution in [0.1, 0.15) is 28.0 Å². The SMILES string of the molecule is O=C1NCCCn2nc3c(c21)CCc1cnc(Cl)cc1-3. The summed E-state index contributed by atoms with van der Waals surface area (Å²) in [7, 11) is 0. The van der Waals surface area contributed by atoms with Gasteiger partial charge in [0.15, 0.2) is 0 Å². The second-order valence-electron chi connectivity index (χ2n) is 5.17. The second kappa shape index (κ2) is 4.31. The molecule has 5 nitrogen and oxygen atoms in total. The van der Waals surface area contributed by atoms with E-state index in [0.29, 0.717) is 11.7 Å². The number of halogens is 1. The van der Waals surface area contributed by atoms with Gasteiger partial charge in [0.2, 0.25) is 0 Å². The van der Waals surface area contributed by atoms with Gasteiger partial charge in [0.25, 0.3) is 5.91 Å². The third-order valence-electron chi connectivity index (χ3n) is 3.95. The third-order valence-corrected chi connectivity index (χ3v) is 4.16. The summed E-state index contributed by atoms with van der Waals surface area (Å²) >= 11 is 6.00. The van der Waals surface area contributed by atoms with Crippen LogP contribution in [0.15, 0.2) is 12.3 Å². The molecule has 0 aromatic carbocycles. The summed E-state index contributed by atoms with van der Waals surface area (Å²) in [6.07, 6.45) is 4.42. The molecule has 0 radical (unpaired) electrons. The maximum Gasteiger partial charge on any atom is 0.269 e. The van der Waals surface area contributed by atoms with E-state index in [4.69, 9.17) is 11.6 Å². The molecule has 1 aliphatic heterocycles. The van der Waals surface area contributed by atoms with Crippen molar-refractivity contribution in [2.75, 3.05) is 6.54 Å². The first kappa shape index (κ1) is 11.9. The topological polar surface area (TPSA) is 59.8 Å². The molecule has 2 aromatic rings. The van der Waals surface area contributed by atoms with Crippen LogP contribution in [0.5, 0.6) is 0 Å². The van der Waals surface area contributed by atoms with Crippen molar-refractivity contribution in [3.63, 3.8) is 0 Å². The van der Waals surface area contributed by atoms with E-state index in [1.165, 1.54) is 0 Å². The van der Waals surface area contributed by atoms with Crippen molar-refractivity contribution in [1.82, 2.24) is 20.1 Å². The molecule has 20 heavy (non-hydrogen) atoms. The number of carbonyl (C=O) groups is 1. The van der Waals surface area contributed by atoms with Gasteiger partial charge in [-0.3, -0.25) is 9.48 Å². The van der Waals surface area contributed by atoms with Crippen LogP contribution in [-0.4, -0.2) is 27.2 Å². The van der Waals surface area contributed by atoms with Gasteiger partial charge in [0.05, 0.1) is 5.69 Å². The van der Waals surface area contributed by atoms with E-state index < -0.39 is 0 Å². The van der Waals surface area contributed by atoms with E-state index in [1.807, 2.05) is 16.9 Å². The summed E-state index contributed by atoms with van der Waals surface area (Å²) in [6, 6.07) is 1.85. The van der Waals surface area contributed by atoms with Crippen LogP contribution >= 0.6 is 11.6 Å². The van der Waals surface area contributed by atoms with E-state index in [1.54, 1.807) is 0 Å². The summed E-state index contributed by atoms with van der Waals surface area (Å²) in [6.45, 7) is 1.48. The van der Waals surface area contributed by atoms with Crippen LogP contribution < -0.4 is 5.32 Å². The first-order valence-electron chi connectivity index (χ1n) is 6.77. The molecule has 4 rings (SSSR count). The Morgan fingerprint density at radius 1 is 1.35 bits per heavy atom. The largest absolute Gasteiger partial charge is 0.351 e. The number of hydrogen-bond donors (Lipinski definition) is 1. The van der Waals surface area contributed by atoms with Gasteiger partial charge < -0.3 is 5.32 Å². The number of aromatic nitrogens is 3. The van der Waals surface area contributed by atoms with Crippen LogP contribution in [-0.2, 0) is 19.4 Å². The van der Waals surface area contributed by atoms with Gasteiger partial charge in [-0.2, -0.15) is 5.10 Å². The zero-order chi connectivity index (χ0) is 13.7. The molecule has 1 amide bonds. The van der Waals surface area contributed by atoms with Gasteiger partial charge in [-0.05, 0) is 30.9 Å². The first-order valence-corrected chi connectivity index (χ1v) is 7.14. The van der Waals surface area contributed by atoms with Crippen molar-refractivity contribution in [3.8, 4) is 11.3 Å². The van der Waals surface area contributed by atoms with Crippen molar-refractivity contribution in [1.29, 1.82) is 0 Å². The van der Waals surface area contributed by atoms with Gasteiger partial charge in [-0.25, -0.2) is 4.98 Å². The highest BCUT2D eigenvalue weighted by Crippen LogP contribution is 2.35. The van der Waals surface area contributed by atoms with Gasteiger partial charge >= 0.3 is 0 Å². The number of nitrogens with one attached hydrogen (secondary N) is 1. The fraction of sp³-hybridized carbons (Fsp3) is 0.357. The predicted octanol–water partition coefficient (Wildman–Crippen LogP) is 1.83. The minimum Gasteiger partial charge on any atom is -0.351 e. The number of nitrogens with zero attached hydrogens (tertiary/aromatic N) is 3. The summed E-state index contributed by atoms with van der Waals surface area (Å²) in [4.78, 5) is 16.3. The minimum absolute atomic E-state index is 0.0140. The standard InChI is InChI=1S/C14H13ClN4O/c15-11-6-10-8(7-17-11)2-3-9-12(10)18-19-5-1-4-16-14(20)13(9)19/h6-7H,1-5H2,(H,16,20). The number of fused-ring (bicyclic) bond motifs is 5. The molecule has 0 saturated heterocycles. The number of amides is 1. The molecule has 0 saturated carbocycles. The lowest BCUT2D eigenvalue weighted by molar-refractivity contribution is 0.0949. The lowest BCUT2D eigenvalue weighted by Gasteiger charge is -2.15. The Bertz CT molecular complexity index is 722. The van der Waals surface area contributed by atoms with Crippen molar-refractivity contribution in [2.24, 2.45) is 0 Å². The molecular formula is C14H13ClN4O. The zero-order valence-electron chi connectivity index (χ0n) is 10.8. The van der Waals surface area contributed by atoms with Crippen molar-refractivity contribution in [3.05, 3.63) is 34.2 Å². The van der Waals surface area contributed by atoms with Gasteiger partial charge in [0, 0.05) is 30.4 Å². The number of rotatable bonds is 0. The third kappa shape index (κ3) is 1.66. The molecule has 3 heterocycles. The monoisotopic (exact) mass is 288 g/mol. The van der Waals surface area contributed by atoms with Crippen molar-refractivity contribution >= 4 is 17.5 Å². The van der Waals surface area contributed by atoms with Crippen LogP contribution in [0.4, 0.5) is 0 Å². The minimum atomic E-state index is -0.0140. The first-order chi connectivity index (χ1) is 9.74. The predicted molar refractivity (Wildman–Crippen MR) is 74.8 cm³/mol. The Balaban J connectivity index is 1.95. The van der Waals surface area contributed by atoms with Gasteiger partial charge in [0.1, 0.15) is 10.8 Å². The summed E-state index contributed by atoms with van der Waals surface area (Å²) in [5.41, 5.74) is 4.81. The average molecular weight is 289 g/mol. The summed E-state index contributed by atoms with van der Waals surface area (Å²) in [5, 5.41) is 8.05. The molecular weight excluding hydrogens is 276 g/mol. The Morgan fingerprint density at radius 2 is 2.25 bits per heavy atom. The van der Waals surface area contributed by atoms with E-state index >= 15 is 0 Å². The fourth-order valence-corrected chi connectivity index (χ4v) is 3.18. The summed E-state index contributed by atoms with van der Waals surface area (Å²) < 4.78 is 1.84. The highest BCUT2D eigenvalue weighted by atomic mass is 35.5. The fourth-order valence-electron chi connectivity index (χ4n) is 3.02. The Hall–Kier alpha value is -1.88. The molecule has 0 fully saturated rings. The highest BCUT2D eigenvalue weighted by molar-refractivity contribution is 6.29. The maximum absolute atomic E-state index is 12.2. The molecule has 0 unspecified atom stereocenters. The molecule has 2 aliphatic rings. The van der Waals surface area contributed by atoms with Crippen LogP contribution in [0.3, 0.4) is 0 Å². The Kier molecular flexibility index (Phi) is 2.57. The molecule has 0 spiro atoms. The van der Waals surface area contributed by atoms with E-state index in [-0.39, 0.29) is 5.91 Å². The molecule has 1 N–H and O–H groups in total. The van der Waals surface area contributed by atoms with E-state index in [2.05, 4.69) is 15.4 Å². The molecule has 2 aromatic heterocycles. The zero-order valence-corrected chi connectivity index (χ0v) is 11.6. The van der Waals surface area contributed by atoms with Crippen molar-refractivity contribution < 1.29 is 4.79 Å². The quantitative estimate of drug-likeness (QED) is 0.753. The van der Waals surface area contributed by atoms with Gasteiger partial charge in [-0.1, -0.05) is 11.6 Å². The van der Waals surface area contributed by atoms with Crippen LogP contribution in [0.2, 0.25) is 5.15 Å². The highest BCUT2D eigenvalue weighted by Gasteiger charge is 2.29. The molecule has 6 heteroatoms. The lowest BCUT2D eigenvalue weighted by Crippen LogP contribution is -2.24. The van der Waals surface area contributed by atoms with E-state index in [0.717, 1.165) is 53.9 Å². The maximum atomic E-state index is 12.2. The number of hydrogen-bond acceptors (Lipinski definition) is 3. The second-order valence-corrected chi connectivity index (χ2v) is 5.56. The summed E-state index contributed by atoms with van der Waals surface area (Å²) in [5.74, 6) is -0.0140. The van der Waals surface area contributed by atoms with Crippen LogP contribution in [0.25, 0.3) is 11.3 Å². The molecule has 0 atom stereocenters. The molecule has 0 bridgehead atoms. The van der Waals surface area contributed by atoms with Crippen molar-refractivity contribution in [2.45, 2.75) is 25.8 Å². The number of carbonyl (C=O) groups excluding carboxylic acids is 1. The smallest absolute Gasteiger partial charge is 0.269 e. The van der Waals surface area contributed by atoms with Crippen LogP contribution in [0, 0.1) is 0 Å². The lowest BCUT2D eigenvalue weighted by atomic mass is 9.90. The average Bonchev–Trinajstić information content (AvgIpc) is 2.72. The number of pyridine rings is 1. The normalized spacial score (nSPS) is 16.8.